The Bertz CT molecular complexity index is 391. The van der Waals surface area contributed by atoms with Gasteiger partial charge in [0.1, 0.15) is 5.54 Å². The Morgan fingerprint density at radius 1 is 1.61 bits per heavy atom. The van der Waals surface area contributed by atoms with E-state index >= 15 is 0 Å². The molecular weight excluding hydrogens is 230 g/mol. The van der Waals surface area contributed by atoms with E-state index in [9.17, 15) is 4.79 Å². The summed E-state index contributed by atoms with van der Waals surface area (Å²) in [5, 5.41) is 3.33. The van der Waals surface area contributed by atoms with Crippen LogP contribution in [0.5, 0.6) is 0 Å². The summed E-state index contributed by atoms with van der Waals surface area (Å²) in [4.78, 5) is 16.2. The lowest BCUT2D eigenvalue weighted by molar-refractivity contribution is -0.151. The van der Waals surface area contributed by atoms with Gasteiger partial charge in [-0.25, -0.2) is 4.98 Å². The fourth-order valence-electron chi connectivity index (χ4n) is 2.79. The molecule has 2 rings (SSSR count). The lowest BCUT2D eigenvalue weighted by atomic mass is 9.97. The van der Waals surface area contributed by atoms with Crippen LogP contribution in [0, 0.1) is 0 Å². The largest absolute Gasteiger partial charge is 0.465 e. The van der Waals surface area contributed by atoms with Crippen LogP contribution in [0.15, 0.2) is 18.7 Å². The number of ether oxygens (including phenoxy) is 1. The van der Waals surface area contributed by atoms with Crippen molar-refractivity contribution >= 4 is 5.97 Å². The minimum Gasteiger partial charge on any atom is -0.465 e. The first-order chi connectivity index (χ1) is 8.72. The zero-order valence-electron chi connectivity index (χ0n) is 11.1. The van der Waals surface area contributed by atoms with Crippen LogP contribution in [-0.4, -0.2) is 34.2 Å². The number of imidazole rings is 1. The quantitative estimate of drug-likeness (QED) is 0.806. The second-order valence-electron chi connectivity index (χ2n) is 4.74. The molecule has 0 saturated heterocycles. The molecular formula is C13H21N3O2. The van der Waals surface area contributed by atoms with Gasteiger partial charge in [-0.1, -0.05) is 6.92 Å². The summed E-state index contributed by atoms with van der Waals surface area (Å²) in [6, 6.07) is 0.330. The molecule has 0 amide bonds. The van der Waals surface area contributed by atoms with E-state index < -0.39 is 5.54 Å². The lowest BCUT2D eigenvalue weighted by Crippen LogP contribution is -2.51. The molecule has 1 fully saturated rings. The molecule has 0 aromatic carbocycles. The first-order valence-corrected chi connectivity index (χ1v) is 6.61. The number of carbonyl (C=O) groups excluding carboxylic acids is 1. The number of esters is 1. The molecule has 1 aliphatic carbocycles. The van der Waals surface area contributed by atoms with Gasteiger partial charge in [-0.3, -0.25) is 4.79 Å². The third kappa shape index (κ3) is 2.41. The Morgan fingerprint density at radius 3 is 3.06 bits per heavy atom. The summed E-state index contributed by atoms with van der Waals surface area (Å²) in [7, 11) is 0. The van der Waals surface area contributed by atoms with Gasteiger partial charge in [-0.05, 0) is 32.7 Å². The summed E-state index contributed by atoms with van der Waals surface area (Å²) in [5.74, 6) is -0.116. The average molecular weight is 251 g/mol. The fourth-order valence-corrected chi connectivity index (χ4v) is 2.79. The number of aromatic nitrogens is 2. The molecule has 0 aliphatic heterocycles. The molecule has 1 heterocycles. The highest BCUT2D eigenvalue weighted by Crippen LogP contribution is 2.38. The van der Waals surface area contributed by atoms with E-state index in [4.69, 9.17) is 4.74 Å². The molecule has 0 radical (unpaired) electrons. The molecule has 2 unspecified atom stereocenters. The van der Waals surface area contributed by atoms with Crippen LogP contribution in [0.1, 0.15) is 39.2 Å². The smallest absolute Gasteiger partial charge is 0.326 e. The minimum atomic E-state index is -0.514. The van der Waals surface area contributed by atoms with Gasteiger partial charge in [0.15, 0.2) is 0 Å². The third-order valence-electron chi connectivity index (χ3n) is 3.62. The standard InChI is InChI=1S/C13H21N3O2/c1-3-15-13(12(17)18-4-2)6-5-11(9-13)16-8-7-14-10-16/h7-8,10-11,15H,3-6,9H2,1-2H3. The van der Waals surface area contributed by atoms with E-state index in [0.717, 1.165) is 25.8 Å². The zero-order valence-corrected chi connectivity index (χ0v) is 11.1. The summed E-state index contributed by atoms with van der Waals surface area (Å²) in [5.41, 5.74) is -0.514. The summed E-state index contributed by atoms with van der Waals surface area (Å²) >= 11 is 0. The number of hydrogen-bond donors (Lipinski definition) is 1. The Hall–Kier alpha value is -1.36. The van der Waals surface area contributed by atoms with E-state index in [1.165, 1.54) is 0 Å². The van der Waals surface area contributed by atoms with Crippen molar-refractivity contribution in [3.63, 3.8) is 0 Å². The topological polar surface area (TPSA) is 56.1 Å². The van der Waals surface area contributed by atoms with Gasteiger partial charge in [0.2, 0.25) is 0 Å². The molecule has 0 bridgehead atoms. The summed E-state index contributed by atoms with van der Waals surface area (Å²) in [6.45, 7) is 5.07. The highest BCUT2D eigenvalue weighted by atomic mass is 16.5. The SMILES string of the molecule is CCNC1(C(=O)OCC)CCC(n2ccnc2)C1. The van der Waals surface area contributed by atoms with Gasteiger partial charge in [0.05, 0.1) is 12.9 Å². The maximum Gasteiger partial charge on any atom is 0.326 e. The van der Waals surface area contributed by atoms with E-state index in [2.05, 4.69) is 14.9 Å². The Morgan fingerprint density at radius 2 is 2.44 bits per heavy atom. The molecule has 18 heavy (non-hydrogen) atoms. The van der Waals surface area contributed by atoms with Crippen LogP contribution in [0.25, 0.3) is 0 Å². The van der Waals surface area contributed by atoms with Crippen molar-refractivity contribution in [2.75, 3.05) is 13.2 Å². The van der Waals surface area contributed by atoms with Crippen LogP contribution >= 0.6 is 0 Å². The first-order valence-electron chi connectivity index (χ1n) is 6.61. The molecule has 1 aromatic heterocycles. The number of likely N-dealkylation sites (N-methyl/N-ethyl adjacent to an activating group) is 1. The third-order valence-corrected chi connectivity index (χ3v) is 3.62. The lowest BCUT2D eigenvalue weighted by Gasteiger charge is -2.27. The second-order valence-corrected chi connectivity index (χ2v) is 4.74. The van der Waals surface area contributed by atoms with Crippen LogP contribution < -0.4 is 5.32 Å². The highest BCUT2D eigenvalue weighted by Gasteiger charge is 2.46. The van der Waals surface area contributed by atoms with E-state index in [-0.39, 0.29) is 5.97 Å². The van der Waals surface area contributed by atoms with Crippen molar-refractivity contribution in [1.82, 2.24) is 14.9 Å². The molecule has 0 spiro atoms. The summed E-state index contributed by atoms with van der Waals surface area (Å²) < 4.78 is 7.30. The van der Waals surface area contributed by atoms with Crippen molar-refractivity contribution in [3.05, 3.63) is 18.7 Å². The Kier molecular flexibility index (Phi) is 4.01. The highest BCUT2D eigenvalue weighted by molar-refractivity contribution is 5.81. The van der Waals surface area contributed by atoms with Crippen molar-refractivity contribution in [2.45, 2.75) is 44.7 Å². The molecule has 1 saturated carbocycles. The number of nitrogens with one attached hydrogen (secondary N) is 1. The van der Waals surface area contributed by atoms with E-state index in [0.29, 0.717) is 12.6 Å². The minimum absolute atomic E-state index is 0.116. The van der Waals surface area contributed by atoms with Crippen LogP contribution in [0.3, 0.4) is 0 Å². The monoisotopic (exact) mass is 251 g/mol. The maximum atomic E-state index is 12.2. The molecule has 1 N–H and O–H groups in total. The molecule has 2 atom stereocenters. The van der Waals surface area contributed by atoms with E-state index in [1.54, 1.807) is 6.20 Å². The predicted molar refractivity (Wildman–Crippen MR) is 68.2 cm³/mol. The predicted octanol–water partition coefficient (Wildman–Crippen LogP) is 1.52. The molecule has 1 aliphatic rings. The van der Waals surface area contributed by atoms with Crippen molar-refractivity contribution < 1.29 is 9.53 Å². The van der Waals surface area contributed by atoms with Gasteiger partial charge < -0.3 is 14.6 Å². The van der Waals surface area contributed by atoms with Gasteiger partial charge in [0.25, 0.3) is 0 Å². The number of carbonyl (C=O) groups is 1. The average Bonchev–Trinajstić information content (AvgIpc) is 2.98. The molecule has 1 aromatic rings. The van der Waals surface area contributed by atoms with Crippen molar-refractivity contribution in [3.8, 4) is 0 Å². The van der Waals surface area contributed by atoms with Crippen LogP contribution in [-0.2, 0) is 9.53 Å². The van der Waals surface area contributed by atoms with Gasteiger partial charge in [-0.15, -0.1) is 0 Å². The van der Waals surface area contributed by atoms with Gasteiger partial charge in [0, 0.05) is 18.4 Å². The first kappa shape index (κ1) is 13.1. The Labute approximate surface area is 108 Å². The maximum absolute atomic E-state index is 12.2. The fraction of sp³-hybridized carbons (Fsp3) is 0.692. The van der Waals surface area contributed by atoms with Gasteiger partial charge >= 0.3 is 5.97 Å². The Balaban J connectivity index is 2.11. The van der Waals surface area contributed by atoms with Crippen molar-refractivity contribution in [1.29, 1.82) is 0 Å². The summed E-state index contributed by atoms with van der Waals surface area (Å²) in [6.07, 6.45) is 8.12. The van der Waals surface area contributed by atoms with Crippen LogP contribution in [0.4, 0.5) is 0 Å². The molecule has 100 valence electrons. The number of hydrogen-bond acceptors (Lipinski definition) is 4. The molecule has 5 nitrogen and oxygen atoms in total. The van der Waals surface area contributed by atoms with E-state index in [1.807, 2.05) is 26.4 Å². The molecule has 5 heteroatoms. The second kappa shape index (κ2) is 5.52. The van der Waals surface area contributed by atoms with Crippen molar-refractivity contribution in [2.24, 2.45) is 0 Å². The van der Waals surface area contributed by atoms with Crippen LogP contribution in [0.2, 0.25) is 0 Å². The zero-order chi connectivity index (χ0) is 13.0. The number of rotatable bonds is 5. The van der Waals surface area contributed by atoms with Gasteiger partial charge in [-0.2, -0.15) is 0 Å². The number of nitrogens with zero attached hydrogens (tertiary/aromatic N) is 2. The normalized spacial score (nSPS) is 27.3.